The van der Waals surface area contributed by atoms with E-state index in [0.29, 0.717) is 0 Å². The Balaban J connectivity index is 2.33. The van der Waals surface area contributed by atoms with E-state index >= 15 is 0 Å². The summed E-state index contributed by atoms with van der Waals surface area (Å²) >= 11 is 0. The molecule has 0 spiro atoms. The van der Waals surface area contributed by atoms with E-state index in [1.54, 1.807) is 0 Å². The van der Waals surface area contributed by atoms with Gasteiger partial charge in [0.05, 0.1) is 12.0 Å². The minimum Gasteiger partial charge on any atom is -0.481 e. The number of hydrogen-bond acceptors (Lipinski definition) is 3. The third-order valence-electron chi connectivity index (χ3n) is 3.15. The number of aliphatic hydroxyl groups is 1. The van der Waals surface area contributed by atoms with Crippen LogP contribution in [0.1, 0.15) is 45.4 Å². The molecule has 0 aromatic carbocycles. The van der Waals surface area contributed by atoms with Gasteiger partial charge in [-0.1, -0.05) is 19.3 Å². The Hall–Kier alpha value is -1.10. The molecule has 98 valence electrons. The van der Waals surface area contributed by atoms with Crippen molar-refractivity contribution in [3.8, 4) is 0 Å². The maximum absolute atomic E-state index is 11.8. The van der Waals surface area contributed by atoms with Crippen LogP contribution in [0.15, 0.2) is 0 Å². The highest BCUT2D eigenvalue weighted by atomic mass is 16.4. The molecule has 5 heteroatoms. The second-order valence-electron chi connectivity index (χ2n) is 5.12. The van der Waals surface area contributed by atoms with Gasteiger partial charge in [0.15, 0.2) is 0 Å². The number of amides is 1. The van der Waals surface area contributed by atoms with Gasteiger partial charge < -0.3 is 15.5 Å². The molecule has 1 amide bonds. The SMILES string of the molecule is CC(O)(CNC(=O)C1CCCCC1)CC(=O)O. The fraction of sp³-hybridized carbons (Fsp3) is 0.833. The summed E-state index contributed by atoms with van der Waals surface area (Å²) in [5.74, 6) is -1.10. The number of hydrogen-bond donors (Lipinski definition) is 3. The highest BCUT2D eigenvalue weighted by Crippen LogP contribution is 2.23. The molecule has 3 N–H and O–H groups in total. The van der Waals surface area contributed by atoms with E-state index in [9.17, 15) is 14.7 Å². The van der Waals surface area contributed by atoms with Gasteiger partial charge >= 0.3 is 5.97 Å². The minimum absolute atomic E-state index is 0.00532. The number of carboxylic acids is 1. The largest absolute Gasteiger partial charge is 0.481 e. The Morgan fingerprint density at radius 3 is 2.41 bits per heavy atom. The van der Waals surface area contributed by atoms with Crippen LogP contribution >= 0.6 is 0 Å². The fourth-order valence-electron chi connectivity index (χ4n) is 2.17. The van der Waals surface area contributed by atoms with Gasteiger partial charge in [-0.25, -0.2) is 0 Å². The molecular weight excluding hydrogens is 222 g/mol. The van der Waals surface area contributed by atoms with Crippen LogP contribution in [0.3, 0.4) is 0 Å². The van der Waals surface area contributed by atoms with Crippen molar-refractivity contribution in [2.75, 3.05) is 6.54 Å². The van der Waals surface area contributed by atoms with Crippen molar-refractivity contribution >= 4 is 11.9 Å². The zero-order valence-electron chi connectivity index (χ0n) is 10.2. The first kappa shape index (κ1) is 14.0. The highest BCUT2D eigenvalue weighted by Gasteiger charge is 2.27. The van der Waals surface area contributed by atoms with Crippen molar-refractivity contribution in [3.05, 3.63) is 0 Å². The summed E-state index contributed by atoms with van der Waals surface area (Å²) in [5, 5.41) is 21.0. The zero-order chi connectivity index (χ0) is 12.9. The molecule has 0 bridgehead atoms. The van der Waals surface area contributed by atoms with Crippen LogP contribution in [0.25, 0.3) is 0 Å². The van der Waals surface area contributed by atoms with Gasteiger partial charge in [-0.2, -0.15) is 0 Å². The molecule has 1 fully saturated rings. The van der Waals surface area contributed by atoms with Crippen LogP contribution in [0.2, 0.25) is 0 Å². The molecule has 0 aliphatic heterocycles. The Bertz CT molecular complexity index is 282. The average molecular weight is 243 g/mol. The van der Waals surface area contributed by atoms with Gasteiger partial charge in [-0.05, 0) is 19.8 Å². The first-order valence-corrected chi connectivity index (χ1v) is 6.12. The van der Waals surface area contributed by atoms with Crippen LogP contribution in [0.5, 0.6) is 0 Å². The molecule has 1 unspecified atom stereocenters. The van der Waals surface area contributed by atoms with Gasteiger partial charge in [0.25, 0.3) is 0 Å². The Labute approximate surface area is 101 Å². The van der Waals surface area contributed by atoms with Crippen LogP contribution in [-0.2, 0) is 9.59 Å². The van der Waals surface area contributed by atoms with Crippen LogP contribution in [0, 0.1) is 5.92 Å². The number of carbonyl (C=O) groups is 2. The van der Waals surface area contributed by atoms with Crippen molar-refractivity contribution in [1.82, 2.24) is 5.32 Å². The quantitative estimate of drug-likeness (QED) is 0.670. The van der Waals surface area contributed by atoms with Crippen LogP contribution in [0.4, 0.5) is 0 Å². The number of rotatable bonds is 5. The normalized spacial score (nSPS) is 20.6. The van der Waals surface area contributed by atoms with Gasteiger partial charge in [0, 0.05) is 12.5 Å². The molecule has 0 saturated heterocycles. The first-order valence-electron chi connectivity index (χ1n) is 6.12. The molecule has 1 saturated carbocycles. The smallest absolute Gasteiger partial charge is 0.306 e. The third-order valence-corrected chi connectivity index (χ3v) is 3.15. The Morgan fingerprint density at radius 2 is 1.88 bits per heavy atom. The van der Waals surface area contributed by atoms with Gasteiger partial charge in [-0.15, -0.1) is 0 Å². The standard InChI is InChI=1S/C12H21NO4/c1-12(17,7-10(14)15)8-13-11(16)9-5-3-2-4-6-9/h9,17H,2-8H2,1H3,(H,13,16)(H,14,15). The summed E-state index contributed by atoms with van der Waals surface area (Å²) < 4.78 is 0. The van der Waals surface area contributed by atoms with E-state index in [1.165, 1.54) is 13.3 Å². The van der Waals surface area contributed by atoms with E-state index in [1.807, 2.05) is 0 Å². The predicted octanol–water partition coefficient (Wildman–Crippen LogP) is 0.909. The lowest BCUT2D eigenvalue weighted by Gasteiger charge is -2.25. The maximum atomic E-state index is 11.8. The van der Waals surface area contributed by atoms with E-state index in [2.05, 4.69) is 5.32 Å². The van der Waals surface area contributed by atoms with Crippen molar-refractivity contribution in [2.45, 2.75) is 51.0 Å². The summed E-state index contributed by atoms with van der Waals surface area (Å²) in [6.07, 6.45) is 4.76. The number of nitrogens with one attached hydrogen (secondary N) is 1. The molecule has 17 heavy (non-hydrogen) atoms. The van der Waals surface area contributed by atoms with Gasteiger partial charge in [0.1, 0.15) is 0 Å². The van der Waals surface area contributed by atoms with E-state index in [-0.39, 0.29) is 24.8 Å². The third kappa shape index (κ3) is 5.17. The molecule has 0 heterocycles. The zero-order valence-corrected chi connectivity index (χ0v) is 10.2. The van der Waals surface area contributed by atoms with E-state index < -0.39 is 11.6 Å². The molecule has 5 nitrogen and oxygen atoms in total. The second-order valence-corrected chi connectivity index (χ2v) is 5.12. The predicted molar refractivity (Wildman–Crippen MR) is 62.5 cm³/mol. The minimum atomic E-state index is -1.38. The lowest BCUT2D eigenvalue weighted by molar-refractivity contribution is -0.142. The molecule has 0 radical (unpaired) electrons. The average Bonchev–Trinajstić information content (AvgIpc) is 2.25. The van der Waals surface area contributed by atoms with Crippen LogP contribution in [-0.4, -0.2) is 34.2 Å². The van der Waals surface area contributed by atoms with Crippen molar-refractivity contribution < 1.29 is 19.8 Å². The Morgan fingerprint density at radius 1 is 1.29 bits per heavy atom. The molecular formula is C12H21NO4. The van der Waals surface area contributed by atoms with Crippen LogP contribution < -0.4 is 5.32 Å². The number of carbonyl (C=O) groups excluding carboxylic acids is 1. The molecule has 0 aromatic heterocycles. The number of aliphatic carboxylic acids is 1. The summed E-state index contributed by atoms with van der Waals surface area (Å²) in [4.78, 5) is 22.2. The second kappa shape index (κ2) is 6.00. The topological polar surface area (TPSA) is 86.6 Å². The molecule has 1 aliphatic rings. The summed E-state index contributed by atoms with van der Waals surface area (Å²) in [5.41, 5.74) is -1.38. The lowest BCUT2D eigenvalue weighted by atomic mass is 9.88. The van der Waals surface area contributed by atoms with Crippen molar-refractivity contribution in [1.29, 1.82) is 0 Å². The lowest BCUT2D eigenvalue weighted by Crippen LogP contribution is -2.44. The first-order chi connectivity index (χ1) is 7.91. The van der Waals surface area contributed by atoms with Crippen molar-refractivity contribution in [2.24, 2.45) is 5.92 Å². The van der Waals surface area contributed by atoms with Gasteiger partial charge in [0.2, 0.25) is 5.91 Å². The highest BCUT2D eigenvalue weighted by molar-refractivity contribution is 5.78. The van der Waals surface area contributed by atoms with Crippen molar-refractivity contribution in [3.63, 3.8) is 0 Å². The van der Waals surface area contributed by atoms with E-state index in [0.717, 1.165) is 25.7 Å². The molecule has 1 atom stereocenters. The summed E-state index contributed by atoms with van der Waals surface area (Å²) in [6.45, 7) is 1.41. The molecule has 0 aromatic rings. The summed E-state index contributed by atoms with van der Waals surface area (Å²) in [7, 11) is 0. The monoisotopic (exact) mass is 243 g/mol. The number of carboxylic acid groups (broad SMARTS) is 1. The van der Waals surface area contributed by atoms with E-state index in [4.69, 9.17) is 5.11 Å². The maximum Gasteiger partial charge on any atom is 0.306 e. The molecule has 1 aliphatic carbocycles. The van der Waals surface area contributed by atoms with Gasteiger partial charge in [-0.3, -0.25) is 9.59 Å². The Kier molecular flexibility index (Phi) is 4.93. The summed E-state index contributed by atoms with van der Waals surface area (Å²) in [6, 6.07) is 0. The fourth-order valence-corrected chi connectivity index (χ4v) is 2.17. The molecule has 1 rings (SSSR count).